The first kappa shape index (κ1) is 14.9. The number of benzene rings is 1. The normalized spacial score (nSPS) is 13.2. The maximum atomic E-state index is 11.9. The molecule has 1 rings (SSSR count). The van der Waals surface area contributed by atoms with Gasteiger partial charge in [-0.1, -0.05) is 0 Å². The zero-order valence-corrected chi connectivity index (χ0v) is 11.8. The third-order valence-corrected chi connectivity index (χ3v) is 4.43. The van der Waals surface area contributed by atoms with Gasteiger partial charge >= 0.3 is 0 Å². The SMILES string of the molecule is COc1cc(S(=O)(=O)NCCS(C)=O)ccc1N. The summed E-state index contributed by atoms with van der Waals surface area (Å²) in [6, 6.07) is 4.20. The van der Waals surface area contributed by atoms with Crippen molar-refractivity contribution in [1.82, 2.24) is 4.72 Å². The molecule has 18 heavy (non-hydrogen) atoms. The van der Waals surface area contributed by atoms with Gasteiger partial charge in [0.25, 0.3) is 0 Å². The Labute approximate surface area is 109 Å². The fourth-order valence-corrected chi connectivity index (χ4v) is 2.83. The molecule has 0 saturated carbocycles. The highest BCUT2D eigenvalue weighted by molar-refractivity contribution is 7.89. The van der Waals surface area contributed by atoms with Crippen LogP contribution in [0.2, 0.25) is 0 Å². The summed E-state index contributed by atoms with van der Waals surface area (Å²) < 4.78 is 41.9. The van der Waals surface area contributed by atoms with E-state index >= 15 is 0 Å². The summed E-state index contributed by atoms with van der Waals surface area (Å²) in [5.41, 5.74) is 5.97. The van der Waals surface area contributed by atoms with Gasteiger partial charge in [-0.3, -0.25) is 4.21 Å². The van der Waals surface area contributed by atoms with Crippen molar-refractivity contribution in [2.45, 2.75) is 4.90 Å². The first-order valence-electron chi connectivity index (χ1n) is 5.10. The lowest BCUT2D eigenvalue weighted by Gasteiger charge is -2.09. The van der Waals surface area contributed by atoms with Crippen molar-refractivity contribution < 1.29 is 17.4 Å². The van der Waals surface area contributed by atoms with Gasteiger partial charge in [0.1, 0.15) is 5.75 Å². The van der Waals surface area contributed by atoms with E-state index in [4.69, 9.17) is 10.5 Å². The number of hydrogen-bond acceptors (Lipinski definition) is 5. The van der Waals surface area contributed by atoms with Gasteiger partial charge in [0.15, 0.2) is 0 Å². The van der Waals surface area contributed by atoms with Gasteiger partial charge < -0.3 is 10.5 Å². The Morgan fingerprint density at radius 2 is 2.11 bits per heavy atom. The minimum absolute atomic E-state index is 0.0652. The number of methoxy groups -OCH3 is 1. The molecular weight excluding hydrogens is 276 g/mol. The minimum Gasteiger partial charge on any atom is -0.495 e. The maximum absolute atomic E-state index is 11.9. The van der Waals surface area contributed by atoms with Crippen molar-refractivity contribution >= 4 is 26.5 Å². The van der Waals surface area contributed by atoms with Crippen molar-refractivity contribution in [3.05, 3.63) is 18.2 Å². The second-order valence-corrected chi connectivity index (χ2v) is 6.90. The van der Waals surface area contributed by atoms with Crippen LogP contribution in [0.25, 0.3) is 0 Å². The minimum atomic E-state index is -3.63. The summed E-state index contributed by atoms with van der Waals surface area (Å²) in [4.78, 5) is 0.0652. The van der Waals surface area contributed by atoms with Crippen LogP contribution in [0.3, 0.4) is 0 Å². The smallest absolute Gasteiger partial charge is 0.240 e. The molecule has 0 heterocycles. The molecule has 0 radical (unpaired) electrons. The molecule has 0 aromatic heterocycles. The van der Waals surface area contributed by atoms with Gasteiger partial charge in [-0.15, -0.1) is 0 Å². The molecule has 0 aliphatic carbocycles. The summed E-state index contributed by atoms with van der Waals surface area (Å²) in [6.07, 6.45) is 1.51. The molecule has 102 valence electrons. The predicted octanol–water partition coefficient (Wildman–Crippen LogP) is -0.0658. The molecule has 1 aromatic carbocycles. The van der Waals surface area contributed by atoms with Crippen LogP contribution >= 0.6 is 0 Å². The van der Waals surface area contributed by atoms with Crippen LogP contribution in [0.15, 0.2) is 23.1 Å². The van der Waals surface area contributed by atoms with Crippen LogP contribution in [-0.2, 0) is 20.8 Å². The summed E-state index contributed by atoms with van der Waals surface area (Å²) in [5.74, 6) is 0.572. The van der Waals surface area contributed by atoms with Gasteiger partial charge in [0.05, 0.1) is 17.7 Å². The Balaban J connectivity index is 2.88. The number of nitrogens with one attached hydrogen (secondary N) is 1. The van der Waals surface area contributed by atoms with Crippen molar-refractivity contribution in [1.29, 1.82) is 0 Å². The molecule has 0 saturated heterocycles. The monoisotopic (exact) mass is 292 g/mol. The molecule has 1 aromatic rings. The lowest BCUT2D eigenvalue weighted by atomic mass is 10.3. The molecule has 8 heteroatoms. The van der Waals surface area contributed by atoms with Crippen molar-refractivity contribution in [2.75, 3.05) is 31.4 Å². The fraction of sp³-hybridized carbons (Fsp3) is 0.400. The number of rotatable bonds is 6. The van der Waals surface area contributed by atoms with E-state index in [0.29, 0.717) is 11.4 Å². The van der Waals surface area contributed by atoms with E-state index in [1.54, 1.807) is 0 Å². The summed E-state index contributed by atoms with van der Waals surface area (Å²) in [5, 5.41) is 0. The van der Waals surface area contributed by atoms with Crippen LogP contribution in [0.5, 0.6) is 5.75 Å². The van der Waals surface area contributed by atoms with E-state index in [1.807, 2.05) is 0 Å². The number of nitrogen functional groups attached to an aromatic ring is 1. The van der Waals surface area contributed by atoms with E-state index in [9.17, 15) is 12.6 Å². The largest absolute Gasteiger partial charge is 0.495 e. The molecule has 0 aliphatic heterocycles. The van der Waals surface area contributed by atoms with Crippen molar-refractivity contribution in [2.24, 2.45) is 0 Å². The molecule has 1 unspecified atom stereocenters. The highest BCUT2D eigenvalue weighted by Crippen LogP contribution is 2.24. The predicted molar refractivity (Wildman–Crippen MR) is 71.5 cm³/mol. The first-order chi connectivity index (χ1) is 8.36. The van der Waals surface area contributed by atoms with Gasteiger partial charge in [-0.25, -0.2) is 13.1 Å². The average Bonchev–Trinajstić information content (AvgIpc) is 2.28. The standard InChI is InChI=1S/C10H16N2O4S2/c1-16-10-7-8(3-4-9(10)11)18(14,15)12-5-6-17(2)13/h3-4,7,12H,5-6,11H2,1-2H3. The third-order valence-electron chi connectivity index (χ3n) is 2.20. The Morgan fingerprint density at radius 1 is 1.44 bits per heavy atom. The third kappa shape index (κ3) is 3.97. The molecule has 0 bridgehead atoms. The van der Waals surface area contributed by atoms with E-state index < -0.39 is 20.8 Å². The second-order valence-electron chi connectivity index (χ2n) is 3.58. The summed E-state index contributed by atoms with van der Waals surface area (Å²) in [7, 11) is -3.25. The molecule has 3 N–H and O–H groups in total. The number of sulfonamides is 1. The zero-order valence-electron chi connectivity index (χ0n) is 10.2. The Hall–Kier alpha value is -1.12. The van der Waals surface area contributed by atoms with Gasteiger partial charge in [-0.05, 0) is 12.1 Å². The van der Waals surface area contributed by atoms with Gasteiger partial charge in [-0.2, -0.15) is 0 Å². The van der Waals surface area contributed by atoms with Gasteiger partial charge in [0.2, 0.25) is 10.0 Å². The van der Waals surface area contributed by atoms with Crippen LogP contribution < -0.4 is 15.2 Å². The number of anilines is 1. The van der Waals surface area contributed by atoms with Gasteiger partial charge in [0, 0.05) is 35.4 Å². The second kappa shape index (κ2) is 6.17. The molecule has 0 amide bonds. The van der Waals surface area contributed by atoms with Crippen LogP contribution in [0, 0.1) is 0 Å². The van der Waals surface area contributed by atoms with Crippen molar-refractivity contribution in [3.8, 4) is 5.75 Å². The topological polar surface area (TPSA) is 98.5 Å². The molecule has 6 nitrogen and oxygen atoms in total. The highest BCUT2D eigenvalue weighted by Gasteiger charge is 2.15. The summed E-state index contributed by atoms with van der Waals surface area (Å²) >= 11 is 0. The Kier molecular flexibility index (Phi) is 5.12. The molecular formula is C10H16N2O4S2. The maximum Gasteiger partial charge on any atom is 0.240 e. The number of ether oxygens (including phenoxy) is 1. The average molecular weight is 292 g/mol. The molecule has 0 spiro atoms. The Bertz CT molecular complexity index is 543. The fourth-order valence-electron chi connectivity index (χ4n) is 1.26. The lowest BCUT2D eigenvalue weighted by molar-refractivity contribution is 0.415. The van der Waals surface area contributed by atoms with Crippen LogP contribution in [-0.4, -0.2) is 38.3 Å². The lowest BCUT2D eigenvalue weighted by Crippen LogP contribution is -2.27. The van der Waals surface area contributed by atoms with Crippen molar-refractivity contribution in [3.63, 3.8) is 0 Å². The van der Waals surface area contributed by atoms with Crippen LogP contribution in [0.1, 0.15) is 0 Å². The van der Waals surface area contributed by atoms with E-state index in [0.717, 1.165) is 0 Å². The first-order valence-corrected chi connectivity index (χ1v) is 8.31. The highest BCUT2D eigenvalue weighted by atomic mass is 32.2. The molecule has 1 atom stereocenters. The number of nitrogens with two attached hydrogens (primary N) is 1. The van der Waals surface area contributed by atoms with E-state index in [1.165, 1.54) is 31.6 Å². The van der Waals surface area contributed by atoms with Crippen LogP contribution in [0.4, 0.5) is 5.69 Å². The summed E-state index contributed by atoms with van der Waals surface area (Å²) in [6.45, 7) is 0.123. The quantitative estimate of drug-likeness (QED) is 0.715. The Morgan fingerprint density at radius 3 is 2.67 bits per heavy atom. The van der Waals surface area contributed by atoms with E-state index in [2.05, 4.69) is 4.72 Å². The zero-order chi connectivity index (χ0) is 13.8. The number of hydrogen-bond donors (Lipinski definition) is 2. The molecule has 0 fully saturated rings. The molecule has 0 aliphatic rings. The van der Waals surface area contributed by atoms with E-state index in [-0.39, 0.29) is 17.2 Å².